The molecule has 2 unspecified atom stereocenters. The molecule has 0 aromatic carbocycles. The van der Waals surface area contributed by atoms with E-state index in [0.29, 0.717) is 34.9 Å². The summed E-state index contributed by atoms with van der Waals surface area (Å²) in [6, 6.07) is 0.0313. The monoisotopic (exact) mass is 696 g/mol. The third-order valence-corrected chi connectivity index (χ3v) is 10.6. The molecule has 6 rings (SSSR count). The number of hydrogen-bond donors (Lipinski definition) is 2. The van der Waals surface area contributed by atoms with Crippen LogP contribution < -0.4 is 15.8 Å². The lowest BCUT2D eigenvalue weighted by molar-refractivity contribution is -0.142. The normalized spacial score (nSPS) is 22.6. The van der Waals surface area contributed by atoms with Crippen LogP contribution in [0.3, 0.4) is 0 Å². The lowest BCUT2D eigenvalue weighted by atomic mass is 10.0. The van der Waals surface area contributed by atoms with Crippen molar-refractivity contribution in [1.29, 1.82) is 0 Å². The molecule has 264 valence electrons. The van der Waals surface area contributed by atoms with Crippen LogP contribution in [0.2, 0.25) is 0 Å². The lowest BCUT2D eigenvalue weighted by Crippen LogP contribution is -2.53. The van der Waals surface area contributed by atoms with Crippen molar-refractivity contribution >= 4 is 45.4 Å². The van der Waals surface area contributed by atoms with Crippen molar-refractivity contribution in [3.63, 3.8) is 0 Å². The molecule has 1 aliphatic heterocycles. The number of nitrogens with two attached hydrogens (primary N) is 1. The number of rotatable bonds is 16. The van der Waals surface area contributed by atoms with Gasteiger partial charge < -0.3 is 34.6 Å². The number of primary amides is 1. The van der Waals surface area contributed by atoms with Crippen LogP contribution in [0.4, 0.5) is 4.79 Å². The topological polar surface area (TPSA) is 189 Å². The number of nitrogens with zero attached hydrogens (tertiary/aromatic N) is 4. The number of esters is 1. The Hall–Kier alpha value is -4.27. The number of aromatic nitrogens is 3. The summed E-state index contributed by atoms with van der Waals surface area (Å²) in [7, 11) is 1.43. The summed E-state index contributed by atoms with van der Waals surface area (Å²) < 4.78 is 22.9. The minimum atomic E-state index is -0.921. The molecule has 3 fully saturated rings. The van der Waals surface area contributed by atoms with Crippen LogP contribution in [0.1, 0.15) is 83.5 Å². The molecule has 3 aliphatic rings. The molecule has 3 N–H and O–H groups in total. The zero-order chi connectivity index (χ0) is 34.3. The van der Waals surface area contributed by atoms with Crippen LogP contribution in [-0.4, -0.2) is 81.7 Å². The maximum absolute atomic E-state index is 14.1. The zero-order valence-electron chi connectivity index (χ0n) is 27.7. The van der Waals surface area contributed by atoms with E-state index in [2.05, 4.69) is 20.3 Å². The smallest absolute Gasteiger partial charge is 0.408 e. The van der Waals surface area contributed by atoms with Crippen molar-refractivity contribution in [3.8, 4) is 17.6 Å². The molecule has 0 radical (unpaired) electrons. The standard InChI is InChI=1S/C34H44N6O8S/c1-45-33(43)23-17-20(23)9-5-3-2-4-6-12-25(38-34(44)48-21-10-7-8-11-21)32(42)40-19-22(18-26(40)28(35)41)47-30-27-24(13-16-49-27)37-29(39-30)31-36-14-15-46-31/h13-16,20-23,25-26H,2-12,17-19H2,1H3,(H2,35,41)(H,38,44)/t20-,22?,23+,25?,26+/m1/s1. The number of likely N-dealkylation sites (tertiary alicyclic amines) is 1. The van der Waals surface area contributed by atoms with Crippen molar-refractivity contribution in [2.45, 2.75) is 108 Å². The fourth-order valence-electron chi connectivity index (χ4n) is 6.98. The largest absolute Gasteiger partial charge is 0.471 e. The van der Waals surface area contributed by atoms with Gasteiger partial charge in [0.05, 0.1) is 31.3 Å². The highest BCUT2D eigenvalue weighted by Crippen LogP contribution is 2.43. The van der Waals surface area contributed by atoms with Crippen LogP contribution >= 0.6 is 11.3 Å². The van der Waals surface area contributed by atoms with Gasteiger partial charge in [0.25, 0.3) is 5.89 Å². The Morgan fingerprint density at radius 3 is 2.63 bits per heavy atom. The van der Waals surface area contributed by atoms with Crippen molar-refractivity contribution in [1.82, 2.24) is 25.2 Å². The summed E-state index contributed by atoms with van der Waals surface area (Å²) in [5.41, 5.74) is 6.47. The Morgan fingerprint density at radius 2 is 1.88 bits per heavy atom. The number of methoxy groups -OCH3 is 1. The van der Waals surface area contributed by atoms with Gasteiger partial charge in [-0.3, -0.25) is 14.4 Å². The molecule has 5 atom stereocenters. The summed E-state index contributed by atoms with van der Waals surface area (Å²) in [6.45, 7) is 0.0846. The highest BCUT2D eigenvalue weighted by Gasteiger charge is 2.44. The number of thiophene rings is 1. The second-order valence-electron chi connectivity index (χ2n) is 13.2. The zero-order valence-corrected chi connectivity index (χ0v) is 28.5. The molecule has 2 saturated carbocycles. The van der Waals surface area contributed by atoms with Crippen LogP contribution in [0.5, 0.6) is 5.88 Å². The predicted molar refractivity (Wildman–Crippen MR) is 178 cm³/mol. The minimum absolute atomic E-state index is 0.0563. The molecule has 3 aromatic rings. The van der Waals surface area contributed by atoms with E-state index in [1.807, 2.05) is 11.4 Å². The molecule has 3 amide bonds. The van der Waals surface area contributed by atoms with Crippen LogP contribution in [0, 0.1) is 11.8 Å². The number of amides is 3. The molecule has 15 heteroatoms. The maximum atomic E-state index is 14.1. The van der Waals surface area contributed by atoms with Crippen molar-refractivity contribution in [3.05, 3.63) is 23.9 Å². The Kier molecular flexibility index (Phi) is 11.3. The number of unbranched alkanes of at least 4 members (excludes halogenated alkanes) is 4. The van der Waals surface area contributed by atoms with Crippen LogP contribution in [0.15, 0.2) is 28.3 Å². The number of fused-ring (bicyclic) bond motifs is 1. The Bertz CT molecular complexity index is 1610. The number of nitrogens with one attached hydrogen (secondary N) is 1. The molecular weight excluding hydrogens is 652 g/mol. The summed E-state index contributed by atoms with van der Waals surface area (Å²) in [5.74, 6) is 0.118. The summed E-state index contributed by atoms with van der Waals surface area (Å²) in [4.78, 5) is 66.0. The number of alkyl carbamates (subject to hydrolysis) is 1. The Labute approximate surface area is 288 Å². The number of carbonyl (C=O) groups is 4. The summed E-state index contributed by atoms with van der Waals surface area (Å²) >= 11 is 1.41. The molecule has 4 heterocycles. The first-order valence-electron chi connectivity index (χ1n) is 17.3. The summed E-state index contributed by atoms with van der Waals surface area (Å²) in [5, 5.41) is 4.68. The van der Waals surface area contributed by atoms with Gasteiger partial charge in [-0.2, -0.15) is 4.98 Å². The van der Waals surface area contributed by atoms with E-state index in [0.717, 1.165) is 64.2 Å². The van der Waals surface area contributed by atoms with E-state index in [1.54, 1.807) is 0 Å². The molecule has 1 saturated heterocycles. The third-order valence-electron chi connectivity index (χ3n) is 9.71. The molecule has 3 aromatic heterocycles. The highest BCUT2D eigenvalue weighted by molar-refractivity contribution is 7.17. The highest BCUT2D eigenvalue weighted by atomic mass is 32.1. The van der Waals surface area contributed by atoms with Crippen LogP contribution in [0.25, 0.3) is 21.9 Å². The van der Waals surface area contributed by atoms with Crippen molar-refractivity contribution in [2.75, 3.05) is 13.7 Å². The SMILES string of the molecule is COC(=O)[C@H]1C[C@H]1CCCCCCCC(NC(=O)OC1CCCC1)C(=O)N1CC(Oc2nc(-c3ncco3)nc3ccsc23)C[C@H]1C(N)=O. The number of carbonyl (C=O) groups excluding carboxylic acids is 4. The first-order valence-corrected chi connectivity index (χ1v) is 18.1. The van der Waals surface area contributed by atoms with Gasteiger partial charge in [0.2, 0.25) is 23.5 Å². The van der Waals surface area contributed by atoms with E-state index in [1.165, 1.54) is 35.8 Å². The molecule has 2 aliphatic carbocycles. The van der Waals surface area contributed by atoms with E-state index >= 15 is 0 Å². The molecular formula is C34H44N6O8S. The lowest BCUT2D eigenvalue weighted by Gasteiger charge is -2.28. The van der Waals surface area contributed by atoms with Gasteiger partial charge in [0.15, 0.2) is 0 Å². The average Bonchev–Trinajstić information content (AvgIpc) is 3.68. The fraction of sp³-hybridized carbons (Fsp3) is 0.618. The number of oxazole rings is 1. The first kappa shape index (κ1) is 34.6. The fourth-order valence-corrected chi connectivity index (χ4v) is 7.75. The van der Waals surface area contributed by atoms with Gasteiger partial charge in [-0.1, -0.05) is 32.1 Å². The molecule has 0 spiro atoms. The maximum Gasteiger partial charge on any atom is 0.408 e. The molecule has 49 heavy (non-hydrogen) atoms. The predicted octanol–water partition coefficient (Wildman–Crippen LogP) is 4.76. The molecule has 14 nitrogen and oxygen atoms in total. The number of ether oxygens (including phenoxy) is 3. The average molecular weight is 697 g/mol. The van der Waals surface area contributed by atoms with Gasteiger partial charge in [-0.05, 0) is 62.3 Å². The van der Waals surface area contributed by atoms with Gasteiger partial charge in [-0.15, -0.1) is 11.3 Å². The van der Waals surface area contributed by atoms with E-state index in [-0.39, 0.29) is 42.7 Å². The Balaban J connectivity index is 1.08. The second-order valence-corrected chi connectivity index (χ2v) is 14.1. The van der Waals surface area contributed by atoms with Crippen molar-refractivity contribution in [2.24, 2.45) is 17.6 Å². The number of hydrogen-bond acceptors (Lipinski definition) is 12. The Morgan fingerprint density at radius 1 is 1.08 bits per heavy atom. The minimum Gasteiger partial charge on any atom is -0.471 e. The summed E-state index contributed by atoms with van der Waals surface area (Å²) in [6.07, 6.45) is 12.3. The third kappa shape index (κ3) is 8.67. The van der Waals surface area contributed by atoms with E-state index < -0.39 is 36.1 Å². The quantitative estimate of drug-likeness (QED) is 0.155. The van der Waals surface area contributed by atoms with Crippen LogP contribution in [-0.2, 0) is 23.9 Å². The van der Waals surface area contributed by atoms with Gasteiger partial charge >= 0.3 is 12.1 Å². The van der Waals surface area contributed by atoms with E-state index in [4.69, 9.17) is 24.4 Å². The van der Waals surface area contributed by atoms with Gasteiger partial charge in [0.1, 0.15) is 35.3 Å². The van der Waals surface area contributed by atoms with E-state index in [9.17, 15) is 19.2 Å². The van der Waals surface area contributed by atoms with Gasteiger partial charge in [-0.25, -0.2) is 14.8 Å². The first-order chi connectivity index (χ1) is 23.8. The van der Waals surface area contributed by atoms with Crippen molar-refractivity contribution < 1.29 is 37.8 Å². The second kappa shape index (κ2) is 16.0. The molecule has 0 bridgehead atoms. The van der Waals surface area contributed by atoms with Gasteiger partial charge in [0, 0.05) is 6.42 Å².